The summed E-state index contributed by atoms with van der Waals surface area (Å²) in [5.74, 6) is 1.76. The van der Waals surface area contributed by atoms with Crippen LogP contribution in [0, 0.1) is 0 Å². The number of aromatic nitrogens is 7. The average Bonchev–Trinajstić information content (AvgIpc) is 1.83. The van der Waals surface area contributed by atoms with Crippen molar-refractivity contribution in [3.63, 3.8) is 0 Å². The monoisotopic (exact) mass is 1100 g/mol. The molecule has 0 aliphatic rings. The molecule has 7 nitrogen and oxygen atoms in total. The lowest BCUT2D eigenvalue weighted by Crippen LogP contribution is -2.03. The number of pyridine rings is 2. The van der Waals surface area contributed by atoms with Crippen molar-refractivity contribution >= 4 is 43.6 Å². The third-order valence-electron chi connectivity index (χ3n) is 16.3. The standard InChI is InChI=1S/C79H51N7/c1-7-23-52(24-8-1)69-47-60(48-70(80-69)53-25-9-2-10-26-53)58-39-41-75-67(45-58)65-35-19-21-37-73(65)85(75)63-43-62(79-83-77(56-31-15-5-16-32-56)82-78(84-79)57-33-17-6-18-34-57)44-64(51-63)86-74-38-22-20-36-66(74)68-46-59(40-42-76(68)86)61-49-71(54-27-11-3-12-28-54)81-72(50-61)55-29-13-4-14-30-55/h1-51H. The zero-order valence-electron chi connectivity index (χ0n) is 46.6. The second-order valence-corrected chi connectivity index (χ2v) is 21.7. The summed E-state index contributed by atoms with van der Waals surface area (Å²) in [6.45, 7) is 0. The molecule has 0 saturated heterocycles. The number of hydrogen-bond donors (Lipinski definition) is 0. The number of para-hydroxylation sites is 2. The van der Waals surface area contributed by atoms with Crippen LogP contribution in [0.3, 0.4) is 0 Å². The molecule has 7 heteroatoms. The van der Waals surface area contributed by atoms with Gasteiger partial charge in [-0.1, -0.05) is 231 Å². The maximum Gasteiger partial charge on any atom is 0.164 e. The molecule has 0 aliphatic heterocycles. The summed E-state index contributed by atoms with van der Waals surface area (Å²) in [4.78, 5) is 26.3. The molecule has 16 rings (SSSR count). The van der Waals surface area contributed by atoms with E-state index in [0.717, 1.165) is 139 Å². The maximum atomic E-state index is 5.35. The fraction of sp³-hybridized carbons (Fsp3) is 0. The van der Waals surface area contributed by atoms with Crippen molar-refractivity contribution in [3.05, 3.63) is 309 Å². The van der Waals surface area contributed by atoms with E-state index in [9.17, 15) is 0 Å². The summed E-state index contributed by atoms with van der Waals surface area (Å²) < 4.78 is 4.81. The van der Waals surface area contributed by atoms with E-state index in [2.05, 4.69) is 258 Å². The molecular formula is C79H51N7. The predicted molar refractivity (Wildman–Crippen MR) is 353 cm³/mol. The Kier molecular flexibility index (Phi) is 12.4. The first-order valence-electron chi connectivity index (χ1n) is 29.0. The summed E-state index contributed by atoms with van der Waals surface area (Å²) in [7, 11) is 0. The molecular weight excluding hydrogens is 1050 g/mol. The lowest BCUT2D eigenvalue weighted by atomic mass is 9.98. The lowest BCUT2D eigenvalue weighted by Gasteiger charge is -2.16. The minimum atomic E-state index is 0.564. The van der Waals surface area contributed by atoms with Crippen LogP contribution in [0.2, 0.25) is 0 Å². The van der Waals surface area contributed by atoms with Crippen LogP contribution in [0.15, 0.2) is 309 Å². The molecule has 5 heterocycles. The normalized spacial score (nSPS) is 11.5. The van der Waals surface area contributed by atoms with Crippen LogP contribution in [-0.4, -0.2) is 34.1 Å². The van der Waals surface area contributed by atoms with E-state index in [1.165, 1.54) is 0 Å². The van der Waals surface area contributed by atoms with Crippen LogP contribution < -0.4 is 0 Å². The van der Waals surface area contributed by atoms with Crippen LogP contribution in [0.25, 0.3) is 156 Å². The fourth-order valence-electron chi connectivity index (χ4n) is 12.2. The quantitative estimate of drug-likeness (QED) is 0.129. The Morgan fingerprint density at radius 2 is 0.465 bits per heavy atom. The van der Waals surface area contributed by atoms with E-state index >= 15 is 0 Å². The molecule has 86 heavy (non-hydrogen) atoms. The van der Waals surface area contributed by atoms with Gasteiger partial charge in [0.05, 0.1) is 44.8 Å². The van der Waals surface area contributed by atoms with Crippen molar-refractivity contribution in [1.29, 1.82) is 0 Å². The van der Waals surface area contributed by atoms with Gasteiger partial charge in [-0.05, 0) is 101 Å². The summed E-state index contributed by atoms with van der Waals surface area (Å²) in [6, 6.07) is 109. The molecule has 0 saturated carbocycles. The summed E-state index contributed by atoms with van der Waals surface area (Å²) >= 11 is 0. The van der Waals surface area contributed by atoms with Gasteiger partial charge in [0.15, 0.2) is 17.5 Å². The Balaban J connectivity index is 0.921. The summed E-state index contributed by atoms with van der Waals surface area (Å²) in [5, 5.41) is 4.55. The fourth-order valence-corrected chi connectivity index (χ4v) is 12.2. The van der Waals surface area contributed by atoms with Gasteiger partial charge in [-0.2, -0.15) is 0 Å². The molecule has 11 aromatic carbocycles. The number of fused-ring (bicyclic) bond motifs is 6. The van der Waals surface area contributed by atoms with Crippen LogP contribution >= 0.6 is 0 Å². The highest BCUT2D eigenvalue weighted by molar-refractivity contribution is 6.12. The second kappa shape index (κ2) is 21.3. The zero-order valence-corrected chi connectivity index (χ0v) is 46.6. The predicted octanol–water partition coefficient (Wildman–Crippen LogP) is 19.9. The Morgan fingerprint density at radius 3 is 0.814 bits per heavy atom. The number of rotatable bonds is 11. The minimum absolute atomic E-state index is 0.564. The largest absolute Gasteiger partial charge is 0.309 e. The highest BCUT2D eigenvalue weighted by Crippen LogP contribution is 2.42. The molecule has 0 radical (unpaired) electrons. The van der Waals surface area contributed by atoms with Gasteiger partial charge in [-0.15, -0.1) is 0 Å². The van der Waals surface area contributed by atoms with Crippen molar-refractivity contribution in [2.24, 2.45) is 0 Å². The first kappa shape index (κ1) is 50.1. The van der Waals surface area contributed by atoms with Gasteiger partial charge in [-0.25, -0.2) is 24.9 Å². The van der Waals surface area contributed by atoms with Crippen LogP contribution in [0.5, 0.6) is 0 Å². The van der Waals surface area contributed by atoms with Crippen LogP contribution in [0.4, 0.5) is 0 Å². The second-order valence-electron chi connectivity index (χ2n) is 21.7. The molecule has 0 N–H and O–H groups in total. The van der Waals surface area contributed by atoms with Gasteiger partial charge >= 0.3 is 0 Å². The Labute approximate surface area is 497 Å². The maximum absolute atomic E-state index is 5.35. The van der Waals surface area contributed by atoms with E-state index in [1.807, 2.05) is 60.7 Å². The summed E-state index contributed by atoms with van der Waals surface area (Å²) in [6.07, 6.45) is 0. The van der Waals surface area contributed by atoms with Crippen molar-refractivity contribution in [2.45, 2.75) is 0 Å². The third-order valence-corrected chi connectivity index (χ3v) is 16.3. The molecule has 0 atom stereocenters. The van der Waals surface area contributed by atoms with E-state index in [0.29, 0.717) is 17.5 Å². The Morgan fingerprint density at radius 1 is 0.174 bits per heavy atom. The molecule has 402 valence electrons. The van der Waals surface area contributed by atoms with Gasteiger partial charge in [0.2, 0.25) is 0 Å². The third kappa shape index (κ3) is 9.17. The minimum Gasteiger partial charge on any atom is -0.309 e. The molecule has 16 aromatic rings. The van der Waals surface area contributed by atoms with Crippen LogP contribution in [0.1, 0.15) is 0 Å². The van der Waals surface area contributed by atoms with Gasteiger partial charge in [-0.3, -0.25) is 0 Å². The van der Waals surface area contributed by atoms with E-state index in [4.69, 9.17) is 24.9 Å². The summed E-state index contributed by atoms with van der Waals surface area (Å²) in [5.41, 5.74) is 21.2. The van der Waals surface area contributed by atoms with Gasteiger partial charge in [0, 0.05) is 71.9 Å². The van der Waals surface area contributed by atoms with Crippen molar-refractivity contribution in [1.82, 2.24) is 34.1 Å². The smallest absolute Gasteiger partial charge is 0.164 e. The number of benzene rings is 11. The highest BCUT2D eigenvalue weighted by Gasteiger charge is 2.22. The van der Waals surface area contributed by atoms with Gasteiger partial charge in [0.1, 0.15) is 0 Å². The molecule has 5 aromatic heterocycles. The molecule has 0 aliphatic carbocycles. The van der Waals surface area contributed by atoms with E-state index in [-0.39, 0.29) is 0 Å². The molecule has 0 amide bonds. The van der Waals surface area contributed by atoms with Gasteiger partial charge < -0.3 is 9.13 Å². The molecule has 0 spiro atoms. The van der Waals surface area contributed by atoms with Crippen molar-refractivity contribution in [3.8, 4) is 113 Å². The Hall–Kier alpha value is -11.7. The number of nitrogens with zero attached hydrogens (tertiary/aromatic N) is 7. The van der Waals surface area contributed by atoms with E-state index in [1.54, 1.807) is 0 Å². The zero-order chi connectivity index (χ0) is 56.9. The highest BCUT2D eigenvalue weighted by atomic mass is 15.0. The number of hydrogen-bond acceptors (Lipinski definition) is 5. The van der Waals surface area contributed by atoms with Gasteiger partial charge in [0.25, 0.3) is 0 Å². The first-order chi connectivity index (χ1) is 42.6. The molecule has 0 fully saturated rings. The topological polar surface area (TPSA) is 74.3 Å². The molecule has 0 unspecified atom stereocenters. The van der Waals surface area contributed by atoms with E-state index < -0.39 is 0 Å². The average molecular weight is 1100 g/mol. The van der Waals surface area contributed by atoms with Crippen molar-refractivity contribution < 1.29 is 0 Å². The van der Waals surface area contributed by atoms with Crippen LogP contribution in [-0.2, 0) is 0 Å². The molecule has 0 bridgehead atoms. The SMILES string of the molecule is c1ccc(-c2cc(-c3ccc4c(c3)c3ccccc3n4-c3cc(-c4nc(-c5ccccc5)nc(-c5ccccc5)n4)cc(-n4c5ccccc5c5cc(-c6cc(-c7ccccc7)nc(-c7ccccc7)c6)ccc54)c3)cc(-c3ccccc3)n2)cc1. The first-order valence-corrected chi connectivity index (χ1v) is 29.0. The van der Waals surface area contributed by atoms with Crippen molar-refractivity contribution in [2.75, 3.05) is 0 Å². The Bertz CT molecular complexity index is 4760. The lowest BCUT2D eigenvalue weighted by molar-refractivity contribution is 1.07.